The first kappa shape index (κ1) is 9.98. The van der Waals surface area contributed by atoms with Gasteiger partial charge in [0.25, 0.3) is 0 Å². The Morgan fingerprint density at radius 1 is 1.46 bits per heavy atom. The molecule has 13 heavy (non-hydrogen) atoms. The lowest BCUT2D eigenvalue weighted by atomic mass is 10.1. The molecule has 0 spiro atoms. The van der Waals surface area contributed by atoms with Gasteiger partial charge < -0.3 is 5.73 Å². The van der Waals surface area contributed by atoms with Gasteiger partial charge in [0, 0.05) is 6.20 Å². The number of rotatable bonds is 2. The van der Waals surface area contributed by atoms with Gasteiger partial charge in [-0.1, -0.05) is 0 Å². The molecule has 1 rings (SSSR count). The first-order valence-corrected chi connectivity index (χ1v) is 3.68. The van der Waals surface area contributed by atoms with E-state index in [9.17, 15) is 13.2 Å². The zero-order chi connectivity index (χ0) is 9.90. The Hall–Kier alpha value is -1.10. The van der Waals surface area contributed by atoms with Crippen molar-refractivity contribution in [1.82, 2.24) is 4.98 Å². The van der Waals surface area contributed by atoms with Gasteiger partial charge in [-0.05, 0) is 24.6 Å². The second-order valence-corrected chi connectivity index (χ2v) is 2.53. The quantitative estimate of drug-likeness (QED) is 0.763. The Balaban J connectivity index is 2.92. The van der Waals surface area contributed by atoms with E-state index in [4.69, 9.17) is 5.73 Å². The summed E-state index contributed by atoms with van der Waals surface area (Å²) in [6.45, 7) is 0.291. The van der Waals surface area contributed by atoms with E-state index in [0.717, 1.165) is 12.3 Å². The maximum atomic E-state index is 12.1. The van der Waals surface area contributed by atoms with E-state index in [2.05, 4.69) is 11.2 Å². The number of hydrogen-bond acceptors (Lipinski definition) is 2. The Kier molecular flexibility index (Phi) is 2.87. The highest BCUT2D eigenvalue weighted by molar-refractivity contribution is 5.20. The van der Waals surface area contributed by atoms with E-state index < -0.39 is 11.7 Å². The lowest BCUT2D eigenvalue weighted by Gasteiger charge is -2.06. The third-order valence-corrected chi connectivity index (χ3v) is 1.48. The predicted molar refractivity (Wildman–Crippen MR) is 40.8 cm³/mol. The Morgan fingerprint density at radius 2 is 2.15 bits per heavy atom. The van der Waals surface area contributed by atoms with Crippen LogP contribution < -0.4 is 5.73 Å². The lowest BCUT2D eigenvalue weighted by molar-refractivity contribution is -0.137. The fourth-order valence-electron chi connectivity index (χ4n) is 0.881. The van der Waals surface area contributed by atoms with Crippen LogP contribution in [0.5, 0.6) is 0 Å². The van der Waals surface area contributed by atoms with Crippen LogP contribution in [0.4, 0.5) is 13.2 Å². The third-order valence-electron chi connectivity index (χ3n) is 1.48. The van der Waals surface area contributed by atoms with Crippen molar-refractivity contribution in [2.24, 2.45) is 5.73 Å². The third kappa shape index (κ3) is 2.69. The molecule has 0 aromatic carbocycles. The molecule has 0 amide bonds. The van der Waals surface area contributed by atoms with Crippen molar-refractivity contribution >= 4 is 0 Å². The molecule has 0 aliphatic rings. The molecule has 1 radical (unpaired) electrons. The molecule has 0 fully saturated rings. The molecule has 1 aromatic rings. The molecule has 0 saturated heterocycles. The molecule has 0 aliphatic carbocycles. The van der Waals surface area contributed by atoms with Crippen molar-refractivity contribution in [3.8, 4) is 0 Å². The Morgan fingerprint density at radius 3 is 2.69 bits per heavy atom. The van der Waals surface area contributed by atoms with E-state index in [0.29, 0.717) is 18.5 Å². The summed E-state index contributed by atoms with van der Waals surface area (Å²) in [5, 5.41) is 0. The molecule has 71 valence electrons. The van der Waals surface area contributed by atoms with Gasteiger partial charge in [0.1, 0.15) is 0 Å². The zero-order valence-electron chi connectivity index (χ0n) is 6.73. The van der Waals surface area contributed by atoms with Gasteiger partial charge in [0.05, 0.1) is 11.8 Å². The van der Waals surface area contributed by atoms with E-state index in [1.54, 1.807) is 0 Å². The summed E-state index contributed by atoms with van der Waals surface area (Å²) in [6.07, 6.45) is -0.782. The Bertz CT molecular complexity index is 283. The van der Waals surface area contributed by atoms with Crippen LogP contribution in [0.15, 0.2) is 12.3 Å². The van der Waals surface area contributed by atoms with Crippen molar-refractivity contribution < 1.29 is 13.2 Å². The average molecular weight is 189 g/mol. The number of pyridine rings is 1. The average Bonchev–Trinajstić information content (AvgIpc) is 2.04. The molecule has 0 saturated carbocycles. The van der Waals surface area contributed by atoms with Crippen molar-refractivity contribution in [2.75, 3.05) is 6.54 Å². The van der Waals surface area contributed by atoms with Crippen molar-refractivity contribution in [3.63, 3.8) is 0 Å². The van der Waals surface area contributed by atoms with Crippen LogP contribution in [0.25, 0.3) is 0 Å². The van der Waals surface area contributed by atoms with Gasteiger partial charge in [0.15, 0.2) is 0 Å². The van der Waals surface area contributed by atoms with E-state index in [1.165, 1.54) is 0 Å². The van der Waals surface area contributed by atoms with Gasteiger partial charge in [0.2, 0.25) is 0 Å². The van der Waals surface area contributed by atoms with E-state index >= 15 is 0 Å². The number of alkyl halides is 3. The summed E-state index contributed by atoms with van der Waals surface area (Å²) in [5.74, 6) is 0. The molecule has 0 bridgehead atoms. The predicted octanol–water partition coefficient (Wildman–Crippen LogP) is 1.40. The largest absolute Gasteiger partial charge is 0.417 e. The fourth-order valence-corrected chi connectivity index (χ4v) is 0.881. The smallest absolute Gasteiger partial charge is 0.330 e. The molecule has 2 nitrogen and oxygen atoms in total. The number of nitrogens with two attached hydrogens (primary N) is 1. The summed E-state index contributed by atoms with van der Waals surface area (Å²) in [5.41, 5.74) is 4.82. The van der Waals surface area contributed by atoms with Crippen LogP contribution in [-0.4, -0.2) is 11.5 Å². The van der Waals surface area contributed by atoms with Crippen LogP contribution in [0.2, 0.25) is 0 Å². The molecule has 1 heterocycles. The summed E-state index contributed by atoms with van der Waals surface area (Å²) in [7, 11) is 0. The monoisotopic (exact) mass is 189 g/mol. The highest BCUT2D eigenvalue weighted by atomic mass is 19.4. The fraction of sp³-hybridized carbons (Fsp3) is 0.375. The first-order valence-electron chi connectivity index (χ1n) is 3.68. The molecular weight excluding hydrogens is 181 g/mol. The minimum Gasteiger partial charge on any atom is -0.330 e. The summed E-state index contributed by atoms with van der Waals surface area (Å²) >= 11 is 0. The van der Waals surface area contributed by atoms with Crippen LogP contribution in [-0.2, 0) is 12.6 Å². The molecule has 0 unspecified atom stereocenters. The topological polar surface area (TPSA) is 38.9 Å². The van der Waals surface area contributed by atoms with Crippen LogP contribution in [0.1, 0.15) is 11.1 Å². The first-order chi connectivity index (χ1) is 6.04. The van der Waals surface area contributed by atoms with Gasteiger partial charge in [-0.25, -0.2) is 0 Å². The number of halogens is 3. The van der Waals surface area contributed by atoms with Gasteiger partial charge >= 0.3 is 6.18 Å². The highest BCUT2D eigenvalue weighted by Gasteiger charge is 2.30. The minimum absolute atomic E-state index is 0.291. The van der Waals surface area contributed by atoms with Crippen LogP contribution in [0, 0.1) is 6.20 Å². The van der Waals surface area contributed by atoms with Gasteiger partial charge in [-0.15, -0.1) is 0 Å². The summed E-state index contributed by atoms with van der Waals surface area (Å²) in [6, 6.07) is 1.01. The molecule has 5 heteroatoms. The molecule has 0 aliphatic heterocycles. The van der Waals surface area contributed by atoms with E-state index in [1.807, 2.05) is 0 Å². The second-order valence-electron chi connectivity index (χ2n) is 2.53. The van der Waals surface area contributed by atoms with Crippen LogP contribution in [0.3, 0.4) is 0 Å². The standard InChI is InChI=1S/C8H8F3N2/c9-8(10,11)7-3-6(1-2-12)4-13-5-7/h3,5H,1-2,12H2. The zero-order valence-corrected chi connectivity index (χ0v) is 6.73. The van der Waals surface area contributed by atoms with E-state index in [-0.39, 0.29) is 0 Å². The summed E-state index contributed by atoms with van der Waals surface area (Å²) < 4.78 is 36.4. The minimum atomic E-state index is -4.34. The maximum Gasteiger partial charge on any atom is 0.417 e. The van der Waals surface area contributed by atoms with Crippen LogP contribution >= 0.6 is 0 Å². The molecular formula is C8H8F3N2. The molecule has 0 atom stereocenters. The Labute approximate surface area is 73.6 Å². The normalized spacial score (nSPS) is 11.7. The second kappa shape index (κ2) is 3.74. The highest BCUT2D eigenvalue weighted by Crippen LogP contribution is 2.28. The number of aromatic nitrogens is 1. The number of nitrogens with zero attached hydrogens (tertiary/aromatic N) is 1. The summed E-state index contributed by atoms with van der Waals surface area (Å²) in [4.78, 5) is 3.37. The van der Waals surface area contributed by atoms with Gasteiger partial charge in [-0.3, -0.25) is 4.98 Å². The molecule has 1 aromatic heterocycles. The maximum absolute atomic E-state index is 12.1. The van der Waals surface area contributed by atoms with Gasteiger partial charge in [-0.2, -0.15) is 13.2 Å². The SMILES string of the molecule is NCCc1[c]ncc(C(F)(F)F)c1. The number of hydrogen-bond donors (Lipinski definition) is 1. The van der Waals surface area contributed by atoms with Crippen molar-refractivity contribution in [1.29, 1.82) is 0 Å². The lowest BCUT2D eigenvalue weighted by Crippen LogP contribution is -2.08. The molecule has 2 N–H and O–H groups in total. The van der Waals surface area contributed by atoms with Crippen molar-refractivity contribution in [3.05, 3.63) is 29.6 Å². The van der Waals surface area contributed by atoms with Crippen molar-refractivity contribution in [2.45, 2.75) is 12.6 Å².